The molecule has 0 spiro atoms. The minimum atomic E-state index is -1.02. The first-order valence-corrected chi connectivity index (χ1v) is 9.94. The molecule has 0 unspecified atom stereocenters. The first-order chi connectivity index (χ1) is 12.9. The Balaban J connectivity index is 1.59. The zero-order valence-electron chi connectivity index (χ0n) is 16.0. The SMILES string of the molecule is CCN1C(=O)c2cc(C(=O)NC3CC3)nn2C[C@@]1(C)C(=O)NC1CCCC1. The zero-order chi connectivity index (χ0) is 19.2. The lowest BCUT2D eigenvalue weighted by atomic mass is 9.94. The minimum absolute atomic E-state index is 0.144. The van der Waals surface area contributed by atoms with Gasteiger partial charge in [0.25, 0.3) is 11.8 Å². The van der Waals surface area contributed by atoms with Crippen molar-refractivity contribution in [2.75, 3.05) is 6.54 Å². The average molecular weight is 373 g/mol. The third kappa shape index (κ3) is 3.21. The summed E-state index contributed by atoms with van der Waals surface area (Å²) in [5.41, 5.74) is -0.414. The number of nitrogens with zero attached hydrogens (tertiary/aromatic N) is 3. The standard InChI is InChI=1S/C19H27N5O3/c1-3-23-17(26)15-10-14(16(25)20-13-8-9-13)22-24(15)11-19(23,2)18(27)21-12-6-4-5-7-12/h10,12-13H,3-9,11H2,1-2H3,(H,20,25)(H,21,27)/t19-/m0/s1. The van der Waals surface area contributed by atoms with E-state index in [1.165, 1.54) is 10.7 Å². The predicted octanol–water partition coefficient (Wildman–Crippen LogP) is 1.07. The van der Waals surface area contributed by atoms with Crippen molar-refractivity contribution in [3.05, 3.63) is 17.5 Å². The first kappa shape index (κ1) is 18.0. The lowest BCUT2D eigenvalue weighted by molar-refractivity contribution is -0.133. The van der Waals surface area contributed by atoms with Crippen LogP contribution in [0.5, 0.6) is 0 Å². The van der Waals surface area contributed by atoms with Crippen molar-refractivity contribution in [3.63, 3.8) is 0 Å². The topological polar surface area (TPSA) is 96.3 Å². The average Bonchev–Trinajstić information content (AvgIpc) is 3.11. The Morgan fingerprint density at radius 2 is 1.85 bits per heavy atom. The van der Waals surface area contributed by atoms with Gasteiger partial charge in [-0.3, -0.25) is 19.1 Å². The van der Waals surface area contributed by atoms with Crippen LogP contribution in [-0.2, 0) is 11.3 Å². The van der Waals surface area contributed by atoms with Crippen molar-refractivity contribution < 1.29 is 14.4 Å². The summed E-state index contributed by atoms with van der Waals surface area (Å²) in [5, 5.41) is 10.3. The number of nitrogens with one attached hydrogen (secondary N) is 2. The van der Waals surface area contributed by atoms with Crippen molar-refractivity contribution in [1.29, 1.82) is 0 Å². The molecule has 8 nitrogen and oxygen atoms in total. The van der Waals surface area contributed by atoms with Crippen molar-refractivity contribution in [3.8, 4) is 0 Å². The molecule has 0 bridgehead atoms. The molecule has 0 radical (unpaired) electrons. The van der Waals surface area contributed by atoms with Crippen LogP contribution in [0.15, 0.2) is 6.07 Å². The lowest BCUT2D eigenvalue weighted by Crippen LogP contribution is -2.64. The molecule has 2 saturated carbocycles. The highest BCUT2D eigenvalue weighted by atomic mass is 16.2. The Morgan fingerprint density at radius 1 is 1.19 bits per heavy atom. The van der Waals surface area contributed by atoms with Gasteiger partial charge in [0.15, 0.2) is 5.69 Å². The largest absolute Gasteiger partial charge is 0.351 e. The first-order valence-electron chi connectivity index (χ1n) is 9.94. The predicted molar refractivity (Wildman–Crippen MR) is 98.2 cm³/mol. The van der Waals surface area contributed by atoms with E-state index in [1.807, 2.05) is 6.92 Å². The Hall–Kier alpha value is -2.38. The summed E-state index contributed by atoms with van der Waals surface area (Å²) in [6.07, 6.45) is 6.20. The maximum atomic E-state index is 13.1. The van der Waals surface area contributed by atoms with E-state index in [-0.39, 0.29) is 42.0 Å². The number of hydrogen-bond acceptors (Lipinski definition) is 4. The van der Waals surface area contributed by atoms with Gasteiger partial charge in [-0.2, -0.15) is 5.10 Å². The van der Waals surface area contributed by atoms with Crippen LogP contribution in [0.3, 0.4) is 0 Å². The van der Waals surface area contributed by atoms with Gasteiger partial charge in [0, 0.05) is 24.7 Å². The number of amides is 3. The summed E-state index contributed by atoms with van der Waals surface area (Å²) in [5.74, 6) is -0.659. The summed E-state index contributed by atoms with van der Waals surface area (Å²) in [4.78, 5) is 40.0. The lowest BCUT2D eigenvalue weighted by Gasteiger charge is -2.43. The molecule has 3 amide bonds. The van der Waals surface area contributed by atoms with Crippen molar-refractivity contribution >= 4 is 17.7 Å². The van der Waals surface area contributed by atoms with Crippen LogP contribution in [0, 0.1) is 0 Å². The van der Waals surface area contributed by atoms with Gasteiger partial charge in [-0.1, -0.05) is 12.8 Å². The molecule has 2 fully saturated rings. The normalized spacial score (nSPS) is 25.4. The van der Waals surface area contributed by atoms with Crippen molar-refractivity contribution in [2.24, 2.45) is 0 Å². The van der Waals surface area contributed by atoms with Gasteiger partial charge >= 0.3 is 0 Å². The fourth-order valence-corrected chi connectivity index (χ4v) is 4.14. The van der Waals surface area contributed by atoms with Crippen LogP contribution >= 0.6 is 0 Å². The van der Waals surface area contributed by atoms with Crippen molar-refractivity contribution in [1.82, 2.24) is 25.3 Å². The molecule has 3 aliphatic rings. The van der Waals surface area contributed by atoms with E-state index >= 15 is 0 Å². The summed E-state index contributed by atoms with van der Waals surface area (Å²) in [6.45, 7) is 4.32. The van der Waals surface area contributed by atoms with Gasteiger partial charge in [-0.25, -0.2) is 0 Å². The Labute approximate surface area is 158 Å². The Morgan fingerprint density at radius 3 is 2.48 bits per heavy atom. The minimum Gasteiger partial charge on any atom is -0.351 e. The summed E-state index contributed by atoms with van der Waals surface area (Å²) in [6, 6.07) is 1.94. The van der Waals surface area contributed by atoms with Crippen LogP contribution in [0.4, 0.5) is 0 Å². The Kier molecular flexibility index (Phi) is 4.44. The number of fused-ring (bicyclic) bond motifs is 1. The third-order valence-corrected chi connectivity index (χ3v) is 5.94. The van der Waals surface area contributed by atoms with Gasteiger partial charge in [0.1, 0.15) is 11.2 Å². The van der Waals surface area contributed by atoms with Gasteiger partial charge in [-0.15, -0.1) is 0 Å². The molecular formula is C19H27N5O3. The van der Waals surface area contributed by atoms with Crippen LogP contribution in [-0.4, -0.2) is 56.6 Å². The maximum absolute atomic E-state index is 13.1. The Bertz CT molecular complexity index is 778. The molecule has 1 aromatic rings. The van der Waals surface area contributed by atoms with Crippen LogP contribution in [0.1, 0.15) is 73.3 Å². The van der Waals surface area contributed by atoms with Crippen LogP contribution in [0.2, 0.25) is 0 Å². The number of likely N-dealkylation sites (N-methyl/N-ethyl adjacent to an activating group) is 1. The second-order valence-electron chi connectivity index (χ2n) is 8.10. The molecule has 27 heavy (non-hydrogen) atoms. The smallest absolute Gasteiger partial charge is 0.273 e. The molecule has 2 aliphatic carbocycles. The van der Waals surface area contributed by atoms with Crippen molar-refractivity contribution in [2.45, 2.75) is 76.5 Å². The molecule has 4 rings (SSSR count). The van der Waals surface area contributed by atoms with E-state index in [2.05, 4.69) is 15.7 Å². The van der Waals surface area contributed by atoms with E-state index < -0.39 is 5.54 Å². The zero-order valence-corrected chi connectivity index (χ0v) is 16.0. The molecule has 1 aromatic heterocycles. The molecule has 8 heteroatoms. The number of aromatic nitrogens is 2. The number of carbonyl (C=O) groups excluding carboxylic acids is 3. The van der Waals surface area contributed by atoms with Crippen LogP contribution < -0.4 is 10.6 Å². The van der Waals surface area contributed by atoms with Crippen LogP contribution in [0.25, 0.3) is 0 Å². The monoisotopic (exact) mass is 373 g/mol. The number of carbonyl (C=O) groups is 3. The van der Waals surface area contributed by atoms with Gasteiger partial charge in [0.2, 0.25) is 5.91 Å². The second kappa shape index (κ2) is 6.65. The quantitative estimate of drug-likeness (QED) is 0.807. The second-order valence-corrected chi connectivity index (χ2v) is 8.10. The third-order valence-electron chi connectivity index (χ3n) is 5.94. The maximum Gasteiger partial charge on any atom is 0.273 e. The van der Waals surface area contributed by atoms with E-state index in [1.54, 1.807) is 11.8 Å². The molecule has 1 aliphatic heterocycles. The number of rotatable bonds is 5. The van der Waals surface area contributed by atoms with Gasteiger partial charge < -0.3 is 15.5 Å². The number of hydrogen-bond donors (Lipinski definition) is 2. The molecule has 0 saturated heterocycles. The van der Waals surface area contributed by atoms with Gasteiger partial charge in [-0.05, 0) is 39.5 Å². The summed E-state index contributed by atoms with van der Waals surface area (Å²) in [7, 11) is 0. The van der Waals surface area contributed by atoms with Gasteiger partial charge in [0.05, 0.1) is 6.54 Å². The fourth-order valence-electron chi connectivity index (χ4n) is 4.14. The summed E-state index contributed by atoms with van der Waals surface area (Å²) >= 11 is 0. The molecule has 2 N–H and O–H groups in total. The molecule has 1 atom stereocenters. The van der Waals surface area contributed by atoms with E-state index in [0.29, 0.717) is 12.2 Å². The highest BCUT2D eigenvalue weighted by Gasteiger charge is 2.48. The van der Waals surface area contributed by atoms with E-state index in [0.717, 1.165) is 38.5 Å². The molecule has 146 valence electrons. The highest BCUT2D eigenvalue weighted by molar-refractivity contribution is 6.02. The molecular weight excluding hydrogens is 346 g/mol. The summed E-state index contributed by atoms with van der Waals surface area (Å²) < 4.78 is 1.52. The highest BCUT2D eigenvalue weighted by Crippen LogP contribution is 2.29. The molecule has 2 heterocycles. The van der Waals surface area contributed by atoms with E-state index in [9.17, 15) is 14.4 Å². The molecule has 0 aromatic carbocycles. The fraction of sp³-hybridized carbons (Fsp3) is 0.684. The van der Waals surface area contributed by atoms with E-state index in [4.69, 9.17) is 0 Å².